The summed E-state index contributed by atoms with van der Waals surface area (Å²) in [6, 6.07) is 15.1. The molecular formula is C22H16BrNO4. The van der Waals surface area contributed by atoms with E-state index in [4.69, 9.17) is 13.9 Å². The minimum atomic E-state index is -0.114. The molecule has 0 spiro atoms. The van der Waals surface area contributed by atoms with Crippen LogP contribution >= 0.6 is 15.9 Å². The number of ketones is 1. The molecule has 3 aromatic rings. The van der Waals surface area contributed by atoms with Gasteiger partial charge in [0.05, 0.1) is 23.9 Å². The number of rotatable bonds is 3. The van der Waals surface area contributed by atoms with Crippen LogP contribution in [0.4, 0.5) is 0 Å². The predicted octanol–water partition coefficient (Wildman–Crippen LogP) is 5.01. The van der Waals surface area contributed by atoms with Crippen molar-refractivity contribution in [1.29, 1.82) is 0 Å². The molecule has 5 nitrogen and oxygen atoms in total. The van der Waals surface area contributed by atoms with Gasteiger partial charge in [-0.25, -0.2) is 0 Å². The molecule has 6 heteroatoms. The Kier molecular flexibility index (Phi) is 4.30. The van der Waals surface area contributed by atoms with Gasteiger partial charge in [0.2, 0.25) is 5.78 Å². The third kappa shape index (κ3) is 3.04. The fourth-order valence-electron chi connectivity index (χ4n) is 3.46. The molecule has 0 atom stereocenters. The van der Waals surface area contributed by atoms with Crippen LogP contribution in [0.25, 0.3) is 6.08 Å². The minimum Gasteiger partial charge on any atom is -0.478 e. The Morgan fingerprint density at radius 2 is 2.00 bits per heavy atom. The lowest BCUT2D eigenvalue weighted by Crippen LogP contribution is -2.31. The number of ether oxygens (including phenoxy) is 2. The molecular weight excluding hydrogens is 422 g/mol. The van der Waals surface area contributed by atoms with Crippen LogP contribution in [0.15, 0.2) is 69.4 Å². The molecule has 2 aliphatic rings. The van der Waals surface area contributed by atoms with Crippen LogP contribution < -0.4 is 9.47 Å². The van der Waals surface area contributed by atoms with E-state index in [0.717, 1.165) is 27.1 Å². The van der Waals surface area contributed by atoms with Crippen molar-refractivity contribution in [2.24, 2.45) is 0 Å². The van der Waals surface area contributed by atoms with Crippen molar-refractivity contribution in [3.63, 3.8) is 0 Å². The molecule has 0 saturated carbocycles. The Hall–Kier alpha value is -2.83. The van der Waals surface area contributed by atoms with Crippen molar-refractivity contribution in [2.45, 2.75) is 13.1 Å². The third-order valence-corrected chi connectivity index (χ3v) is 5.56. The summed E-state index contributed by atoms with van der Waals surface area (Å²) in [5.41, 5.74) is 2.35. The van der Waals surface area contributed by atoms with Crippen molar-refractivity contribution >= 4 is 27.8 Å². The Bertz CT molecular complexity index is 1090. The van der Waals surface area contributed by atoms with E-state index in [1.54, 1.807) is 18.4 Å². The van der Waals surface area contributed by atoms with E-state index in [2.05, 4.69) is 20.8 Å². The van der Waals surface area contributed by atoms with E-state index < -0.39 is 0 Å². The van der Waals surface area contributed by atoms with E-state index in [1.807, 2.05) is 42.5 Å². The Balaban J connectivity index is 1.46. The first-order chi connectivity index (χ1) is 13.7. The van der Waals surface area contributed by atoms with Crippen LogP contribution in [0, 0.1) is 0 Å². The molecule has 2 aromatic carbocycles. The number of halogens is 1. The Labute approximate surface area is 170 Å². The van der Waals surface area contributed by atoms with Crippen molar-refractivity contribution in [3.05, 3.63) is 87.5 Å². The molecule has 5 rings (SSSR count). The van der Waals surface area contributed by atoms with Gasteiger partial charge in [-0.1, -0.05) is 34.1 Å². The molecule has 0 fully saturated rings. The zero-order chi connectivity index (χ0) is 19.1. The maximum Gasteiger partial charge on any atom is 0.231 e. The second kappa shape index (κ2) is 6.96. The van der Waals surface area contributed by atoms with Crippen LogP contribution in [0.5, 0.6) is 11.5 Å². The number of carbonyl (C=O) groups is 1. The molecule has 0 radical (unpaired) electrons. The summed E-state index contributed by atoms with van der Waals surface area (Å²) in [4.78, 5) is 15.0. The summed E-state index contributed by atoms with van der Waals surface area (Å²) in [6.45, 7) is 1.71. The number of nitrogens with zero attached hydrogens (tertiary/aromatic N) is 1. The first-order valence-corrected chi connectivity index (χ1v) is 9.70. The van der Waals surface area contributed by atoms with Gasteiger partial charge in [0.25, 0.3) is 0 Å². The van der Waals surface area contributed by atoms with Gasteiger partial charge in [-0.05, 0) is 42.0 Å². The zero-order valence-electron chi connectivity index (χ0n) is 14.9. The number of hydrogen-bond donors (Lipinski definition) is 0. The van der Waals surface area contributed by atoms with Crippen molar-refractivity contribution in [3.8, 4) is 11.5 Å². The highest BCUT2D eigenvalue weighted by molar-refractivity contribution is 9.10. The first-order valence-electron chi connectivity index (χ1n) is 8.91. The summed E-state index contributed by atoms with van der Waals surface area (Å²) in [7, 11) is 0. The number of carbonyl (C=O) groups excluding carboxylic acids is 1. The van der Waals surface area contributed by atoms with Gasteiger partial charge < -0.3 is 13.9 Å². The van der Waals surface area contributed by atoms with E-state index in [1.165, 1.54) is 0 Å². The normalized spacial score (nSPS) is 17.2. The predicted molar refractivity (Wildman–Crippen MR) is 107 cm³/mol. The van der Waals surface area contributed by atoms with Gasteiger partial charge in [-0.2, -0.15) is 0 Å². The molecule has 3 heterocycles. The number of Topliss-reactive ketones (excluding diaryl/α,β-unsaturated/α-hetero) is 1. The molecule has 0 bridgehead atoms. The van der Waals surface area contributed by atoms with Crippen LogP contribution in [0.3, 0.4) is 0 Å². The highest BCUT2D eigenvalue weighted by Gasteiger charge is 2.33. The average Bonchev–Trinajstić information content (AvgIpc) is 3.32. The van der Waals surface area contributed by atoms with E-state index in [9.17, 15) is 4.79 Å². The van der Waals surface area contributed by atoms with Gasteiger partial charge >= 0.3 is 0 Å². The molecule has 1 aromatic heterocycles. The SMILES string of the molecule is O=C1/C(=C/c2ccccc2Br)Oc2c1ccc1c2CN(Cc2ccco2)CO1. The molecule has 2 aliphatic heterocycles. The number of furan rings is 1. The van der Waals surface area contributed by atoms with Gasteiger partial charge in [-0.15, -0.1) is 0 Å². The Morgan fingerprint density at radius 3 is 2.82 bits per heavy atom. The summed E-state index contributed by atoms with van der Waals surface area (Å²) in [6.07, 6.45) is 3.43. The van der Waals surface area contributed by atoms with Crippen molar-refractivity contribution in [2.75, 3.05) is 6.73 Å². The van der Waals surface area contributed by atoms with Crippen molar-refractivity contribution in [1.82, 2.24) is 4.90 Å². The number of benzene rings is 2. The third-order valence-electron chi connectivity index (χ3n) is 4.83. The summed E-state index contributed by atoms with van der Waals surface area (Å²) in [5, 5.41) is 0. The van der Waals surface area contributed by atoms with Crippen LogP contribution in [-0.4, -0.2) is 17.4 Å². The molecule has 0 N–H and O–H groups in total. The fourth-order valence-corrected chi connectivity index (χ4v) is 3.86. The lowest BCUT2D eigenvalue weighted by molar-refractivity contribution is 0.0810. The van der Waals surface area contributed by atoms with Crippen LogP contribution in [-0.2, 0) is 13.1 Å². The second-order valence-corrected chi connectivity index (χ2v) is 7.57. The number of hydrogen-bond acceptors (Lipinski definition) is 5. The van der Waals surface area contributed by atoms with Crippen LogP contribution in [0.1, 0.15) is 27.2 Å². The van der Waals surface area contributed by atoms with E-state index in [0.29, 0.717) is 36.9 Å². The number of fused-ring (bicyclic) bond motifs is 3. The van der Waals surface area contributed by atoms with Crippen LogP contribution in [0.2, 0.25) is 0 Å². The maximum absolute atomic E-state index is 12.9. The first kappa shape index (κ1) is 17.3. The molecule has 0 unspecified atom stereocenters. The van der Waals surface area contributed by atoms with Gasteiger partial charge in [0.1, 0.15) is 24.0 Å². The smallest absolute Gasteiger partial charge is 0.231 e. The van der Waals surface area contributed by atoms with Gasteiger partial charge in [-0.3, -0.25) is 9.69 Å². The fraction of sp³-hybridized carbons (Fsp3) is 0.136. The maximum atomic E-state index is 12.9. The quantitative estimate of drug-likeness (QED) is 0.539. The number of allylic oxidation sites excluding steroid dienone is 1. The highest BCUT2D eigenvalue weighted by atomic mass is 79.9. The lowest BCUT2D eigenvalue weighted by atomic mass is 10.0. The molecule has 0 amide bonds. The van der Waals surface area contributed by atoms with Gasteiger partial charge in [0, 0.05) is 11.0 Å². The largest absolute Gasteiger partial charge is 0.478 e. The second-order valence-electron chi connectivity index (χ2n) is 6.72. The van der Waals surface area contributed by atoms with Gasteiger partial charge in [0.15, 0.2) is 5.76 Å². The molecule has 28 heavy (non-hydrogen) atoms. The summed E-state index contributed by atoms with van der Waals surface area (Å²) in [5.74, 6) is 2.41. The Morgan fingerprint density at radius 1 is 1.11 bits per heavy atom. The van der Waals surface area contributed by atoms with E-state index >= 15 is 0 Å². The lowest BCUT2D eigenvalue weighted by Gasteiger charge is -2.29. The summed E-state index contributed by atoms with van der Waals surface area (Å²) < 4.78 is 18.2. The molecule has 0 saturated heterocycles. The topological polar surface area (TPSA) is 51.9 Å². The average molecular weight is 438 g/mol. The standard InChI is InChI=1S/C22H16BrNO4/c23-18-6-2-1-4-14(18)10-20-21(25)16-7-8-19-17(22(16)28-20)12-24(13-27-19)11-15-5-3-9-26-15/h1-10H,11-13H2/b20-10-. The zero-order valence-corrected chi connectivity index (χ0v) is 16.4. The van der Waals surface area contributed by atoms with E-state index in [-0.39, 0.29) is 5.78 Å². The molecule has 140 valence electrons. The minimum absolute atomic E-state index is 0.114. The van der Waals surface area contributed by atoms with Crippen molar-refractivity contribution < 1.29 is 18.7 Å². The molecule has 0 aliphatic carbocycles. The summed E-state index contributed by atoms with van der Waals surface area (Å²) >= 11 is 3.51. The monoisotopic (exact) mass is 437 g/mol. The highest BCUT2D eigenvalue weighted by Crippen LogP contribution is 2.42.